The molecule has 2 nitrogen and oxygen atoms in total. The lowest BCUT2D eigenvalue weighted by Gasteiger charge is -2.08. The molecule has 3 rings (SSSR count). The summed E-state index contributed by atoms with van der Waals surface area (Å²) in [6.45, 7) is 2.13. The van der Waals surface area contributed by atoms with E-state index in [2.05, 4.69) is 57.9 Å². The predicted molar refractivity (Wildman–Crippen MR) is 59.5 cm³/mol. The second-order valence-corrected chi connectivity index (χ2v) is 3.56. The highest BCUT2D eigenvalue weighted by molar-refractivity contribution is 5.85. The van der Waals surface area contributed by atoms with Crippen LogP contribution >= 0.6 is 12.4 Å². The van der Waals surface area contributed by atoms with Crippen LogP contribution in [-0.2, 0) is 13.1 Å². The monoisotopic (exact) mass is 220 g/mol. The highest BCUT2D eigenvalue weighted by Crippen LogP contribution is 2.11. The zero-order chi connectivity index (χ0) is 9.38. The highest BCUT2D eigenvalue weighted by Gasteiger charge is 2.27. The number of fused-ring (bicyclic) bond motifs is 3. The number of aryl methyl sites for hydroxylation is 2. The molecule has 0 bridgehead atoms. The van der Waals surface area contributed by atoms with Gasteiger partial charge in [-0.05, 0) is 12.1 Å². The standard InChI is InChI=1S/C12H12N2.ClH/c1-3-7-13-9-10-14-8-4-2-6-12(14)11(13)5-1;/h1-8H,9-10H2;1H/q+2;. The van der Waals surface area contributed by atoms with E-state index < -0.39 is 0 Å². The van der Waals surface area contributed by atoms with Crippen LogP contribution in [0.1, 0.15) is 0 Å². The summed E-state index contributed by atoms with van der Waals surface area (Å²) in [6.07, 6.45) is 4.29. The zero-order valence-corrected chi connectivity index (χ0v) is 9.15. The van der Waals surface area contributed by atoms with E-state index in [4.69, 9.17) is 0 Å². The van der Waals surface area contributed by atoms with Gasteiger partial charge >= 0.3 is 0 Å². The van der Waals surface area contributed by atoms with Crippen molar-refractivity contribution in [3.8, 4) is 11.4 Å². The summed E-state index contributed by atoms with van der Waals surface area (Å²) >= 11 is 0. The van der Waals surface area contributed by atoms with Crippen molar-refractivity contribution in [2.24, 2.45) is 0 Å². The maximum atomic E-state index is 2.30. The Morgan fingerprint density at radius 1 is 0.733 bits per heavy atom. The molecule has 0 spiro atoms. The van der Waals surface area contributed by atoms with Crippen molar-refractivity contribution in [1.29, 1.82) is 0 Å². The first kappa shape index (κ1) is 10.1. The van der Waals surface area contributed by atoms with Crippen molar-refractivity contribution in [1.82, 2.24) is 0 Å². The van der Waals surface area contributed by atoms with Crippen LogP contribution in [0.5, 0.6) is 0 Å². The first-order chi connectivity index (χ1) is 6.95. The Morgan fingerprint density at radius 2 is 1.20 bits per heavy atom. The van der Waals surface area contributed by atoms with E-state index in [1.807, 2.05) is 0 Å². The SMILES string of the molecule is Cl.c1cc[n+]2c(c1)-c1cccc[n+]1CC2. The van der Waals surface area contributed by atoms with Crippen LogP contribution in [0.2, 0.25) is 0 Å². The quantitative estimate of drug-likeness (QED) is 0.593. The number of hydrogen-bond acceptors (Lipinski definition) is 0. The van der Waals surface area contributed by atoms with E-state index in [1.54, 1.807) is 0 Å². The molecule has 0 saturated heterocycles. The molecule has 0 amide bonds. The van der Waals surface area contributed by atoms with Crippen LogP contribution < -0.4 is 9.13 Å². The fraction of sp³-hybridized carbons (Fsp3) is 0.167. The average molecular weight is 221 g/mol. The third kappa shape index (κ3) is 1.61. The van der Waals surface area contributed by atoms with Crippen LogP contribution in [0.3, 0.4) is 0 Å². The van der Waals surface area contributed by atoms with Crippen LogP contribution in [0.4, 0.5) is 0 Å². The Kier molecular flexibility index (Phi) is 2.69. The van der Waals surface area contributed by atoms with Gasteiger partial charge in [-0.3, -0.25) is 0 Å². The Morgan fingerprint density at radius 3 is 1.67 bits per heavy atom. The van der Waals surface area contributed by atoms with E-state index in [-0.39, 0.29) is 12.4 Å². The molecule has 0 saturated carbocycles. The molecule has 15 heavy (non-hydrogen) atoms. The minimum absolute atomic E-state index is 0. The van der Waals surface area contributed by atoms with Gasteiger partial charge in [-0.15, -0.1) is 12.4 Å². The molecule has 1 aliphatic rings. The molecule has 0 aromatic carbocycles. The molecule has 0 unspecified atom stereocenters. The van der Waals surface area contributed by atoms with E-state index in [1.165, 1.54) is 11.4 Å². The minimum atomic E-state index is 0. The van der Waals surface area contributed by atoms with Crippen molar-refractivity contribution in [3.63, 3.8) is 0 Å². The second kappa shape index (κ2) is 3.99. The third-order valence-corrected chi connectivity index (χ3v) is 2.73. The Bertz CT molecular complexity index is 437. The van der Waals surface area contributed by atoms with Gasteiger partial charge in [-0.1, -0.05) is 0 Å². The van der Waals surface area contributed by atoms with Crippen molar-refractivity contribution in [2.75, 3.05) is 0 Å². The number of hydrogen-bond donors (Lipinski definition) is 0. The van der Waals surface area contributed by atoms with Gasteiger partial charge in [-0.2, -0.15) is 9.13 Å². The lowest BCUT2D eigenvalue weighted by Crippen LogP contribution is -2.52. The van der Waals surface area contributed by atoms with Crippen molar-refractivity contribution in [3.05, 3.63) is 48.8 Å². The van der Waals surface area contributed by atoms with Crippen LogP contribution in [0, 0.1) is 0 Å². The van der Waals surface area contributed by atoms with Gasteiger partial charge in [0, 0.05) is 24.3 Å². The predicted octanol–water partition coefficient (Wildman–Crippen LogP) is 1.36. The lowest BCUT2D eigenvalue weighted by atomic mass is 10.2. The normalized spacial score (nSPS) is 12.3. The Hall–Kier alpha value is -1.41. The third-order valence-electron chi connectivity index (χ3n) is 2.73. The van der Waals surface area contributed by atoms with Gasteiger partial charge in [0.15, 0.2) is 12.4 Å². The molecule has 0 radical (unpaired) electrons. The average Bonchev–Trinajstić information content (AvgIpc) is 2.29. The molecule has 0 N–H and O–H groups in total. The summed E-state index contributed by atoms with van der Waals surface area (Å²) in [5.41, 5.74) is 2.61. The maximum Gasteiger partial charge on any atom is 0.277 e. The van der Waals surface area contributed by atoms with E-state index >= 15 is 0 Å². The van der Waals surface area contributed by atoms with Gasteiger partial charge in [0.25, 0.3) is 11.4 Å². The summed E-state index contributed by atoms with van der Waals surface area (Å²) in [4.78, 5) is 0. The van der Waals surface area contributed by atoms with E-state index in [0.717, 1.165) is 13.1 Å². The van der Waals surface area contributed by atoms with Gasteiger partial charge < -0.3 is 0 Å². The van der Waals surface area contributed by atoms with Gasteiger partial charge in [0.2, 0.25) is 13.1 Å². The molecule has 3 heteroatoms. The first-order valence-electron chi connectivity index (χ1n) is 4.92. The molecule has 0 aliphatic carbocycles. The summed E-state index contributed by atoms with van der Waals surface area (Å²) in [7, 11) is 0. The highest BCUT2D eigenvalue weighted by atomic mass is 35.5. The molecule has 2 aromatic rings. The summed E-state index contributed by atoms with van der Waals surface area (Å²) < 4.78 is 4.60. The van der Waals surface area contributed by atoms with Gasteiger partial charge in [0.05, 0.1) is 0 Å². The number of aromatic nitrogens is 2. The van der Waals surface area contributed by atoms with Crippen LogP contribution in [0.15, 0.2) is 48.8 Å². The van der Waals surface area contributed by atoms with Gasteiger partial charge in [-0.25, -0.2) is 0 Å². The Balaban J connectivity index is 0.000000853. The zero-order valence-electron chi connectivity index (χ0n) is 8.34. The molecular weight excluding hydrogens is 208 g/mol. The fourth-order valence-electron chi connectivity index (χ4n) is 2.02. The molecule has 0 atom stereocenters. The summed E-state index contributed by atoms with van der Waals surface area (Å²) in [5, 5.41) is 0. The first-order valence-corrected chi connectivity index (χ1v) is 4.92. The minimum Gasteiger partial charge on any atom is -0.187 e. The maximum absolute atomic E-state index is 2.30. The number of pyridine rings is 2. The van der Waals surface area contributed by atoms with E-state index in [0.29, 0.717) is 0 Å². The molecule has 76 valence electrons. The van der Waals surface area contributed by atoms with Crippen LogP contribution in [-0.4, -0.2) is 0 Å². The number of nitrogens with zero attached hydrogens (tertiary/aromatic N) is 2. The van der Waals surface area contributed by atoms with Crippen molar-refractivity contribution in [2.45, 2.75) is 13.1 Å². The molecule has 2 aromatic heterocycles. The molecule has 1 aliphatic heterocycles. The smallest absolute Gasteiger partial charge is 0.187 e. The molecular formula is C12H13ClN2+2. The molecule has 0 fully saturated rings. The largest absolute Gasteiger partial charge is 0.277 e. The molecule has 3 heterocycles. The van der Waals surface area contributed by atoms with Gasteiger partial charge in [0.1, 0.15) is 0 Å². The summed E-state index contributed by atoms with van der Waals surface area (Å²) in [6, 6.07) is 12.7. The number of rotatable bonds is 0. The summed E-state index contributed by atoms with van der Waals surface area (Å²) in [5.74, 6) is 0. The Labute approximate surface area is 95.2 Å². The topological polar surface area (TPSA) is 7.76 Å². The lowest BCUT2D eigenvalue weighted by molar-refractivity contribution is -0.794. The van der Waals surface area contributed by atoms with Crippen molar-refractivity contribution < 1.29 is 9.13 Å². The number of halogens is 1. The van der Waals surface area contributed by atoms with Crippen LogP contribution in [0.25, 0.3) is 11.4 Å². The second-order valence-electron chi connectivity index (χ2n) is 3.56. The fourth-order valence-corrected chi connectivity index (χ4v) is 2.02. The van der Waals surface area contributed by atoms with Crippen molar-refractivity contribution >= 4 is 12.4 Å². The van der Waals surface area contributed by atoms with E-state index in [9.17, 15) is 0 Å².